The molecule has 0 saturated carbocycles. The number of nitrogens with zero attached hydrogens (tertiary/aromatic N) is 1. The molecule has 0 aliphatic rings. The predicted octanol–water partition coefficient (Wildman–Crippen LogP) is 4.28. The molecule has 0 spiro atoms. The Labute approximate surface area is 113 Å². The number of nitrogens with one attached hydrogen (secondary N) is 1. The molecule has 20 heavy (non-hydrogen) atoms. The molecule has 0 radical (unpaired) electrons. The van der Waals surface area contributed by atoms with Crippen molar-refractivity contribution in [1.82, 2.24) is 0 Å². The van der Waals surface area contributed by atoms with Crippen molar-refractivity contribution in [1.29, 1.82) is 5.26 Å². The summed E-state index contributed by atoms with van der Waals surface area (Å²) in [5.41, 5.74) is -0.560. The number of nitriles is 1. The number of hydrogen-bond donors (Lipinski definition) is 1. The van der Waals surface area contributed by atoms with Crippen LogP contribution < -0.4 is 5.32 Å². The van der Waals surface area contributed by atoms with Crippen molar-refractivity contribution in [2.45, 2.75) is 19.1 Å². The van der Waals surface area contributed by atoms with E-state index in [0.29, 0.717) is 11.5 Å². The van der Waals surface area contributed by atoms with Gasteiger partial charge in [0.15, 0.2) is 6.04 Å². The third-order valence-electron chi connectivity index (χ3n) is 2.68. The van der Waals surface area contributed by atoms with Gasteiger partial charge in [-0.3, -0.25) is 0 Å². The van der Waals surface area contributed by atoms with E-state index in [1.807, 2.05) is 6.07 Å². The number of aryl methyl sites for hydroxylation is 1. The summed E-state index contributed by atoms with van der Waals surface area (Å²) in [5.74, 6) is 0.994. The normalized spacial score (nSPS) is 12.8. The summed E-state index contributed by atoms with van der Waals surface area (Å²) in [6.45, 7) is 1.72. The van der Waals surface area contributed by atoms with Crippen LogP contribution in [0.1, 0.15) is 23.1 Å². The van der Waals surface area contributed by atoms with E-state index in [4.69, 9.17) is 9.68 Å². The van der Waals surface area contributed by atoms with Crippen LogP contribution in [0, 0.1) is 18.3 Å². The van der Waals surface area contributed by atoms with Crippen molar-refractivity contribution in [3.05, 3.63) is 53.5 Å². The van der Waals surface area contributed by atoms with Crippen LogP contribution in [-0.4, -0.2) is 0 Å². The first kappa shape index (κ1) is 14.0. The van der Waals surface area contributed by atoms with Gasteiger partial charge in [-0.2, -0.15) is 18.4 Å². The molecule has 1 N–H and O–H groups in total. The Balaban J connectivity index is 2.23. The quantitative estimate of drug-likeness (QED) is 0.912. The van der Waals surface area contributed by atoms with E-state index < -0.39 is 17.8 Å². The standard InChI is InChI=1S/C14H11F3N2O/c1-9-5-6-13(20-9)12(8-18)19-11-4-2-3-10(7-11)14(15,16)17/h2-7,12,19H,1H3. The molecule has 0 bridgehead atoms. The van der Waals surface area contributed by atoms with Crippen molar-refractivity contribution in [3.8, 4) is 6.07 Å². The fourth-order valence-corrected chi connectivity index (χ4v) is 1.73. The molecule has 0 amide bonds. The lowest BCUT2D eigenvalue weighted by Gasteiger charge is -2.13. The topological polar surface area (TPSA) is 49.0 Å². The van der Waals surface area contributed by atoms with E-state index >= 15 is 0 Å². The lowest BCUT2D eigenvalue weighted by Crippen LogP contribution is -2.10. The Morgan fingerprint density at radius 1 is 1.25 bits per heavy atom. The monoisotopic (exact) mass is 280 g/mol. The third-order valence-corrected chi connectivity index (χ3v) is 2.68. The Kier molecular flexibility index (Phi) is 3.70. The molecule has 1 unspecified atom stereocenters. The molecule has 6 heteroatoms. The van der Waals surface area contributed by atoms with Crippen molar-refractivity contribution in [3.63, 3.8) is 0 Å². The van der Waals surface area contributed by atoms with Crippen LogP contribution in [0.4, 0.5) is 18.9 Å². The van der Waals surface area contributed by atoms with Crippen molar-refractivity contribution in [2.24, 2.45) is 0 Å². The van der Waals surface area contributed by atoms with Crippen molar-refractivity contribution >= 4 is 5.69 Å². The van der Waals surface area contributed by atoms with E-state index in [0.717, 1.165) is 12.1 Å². The fourth-order valence-electron chi connectivity index (χ4n) is 1.73. The highest BCUT2D eigenvalue weighted by Crippen LogP contribution is 2.31. The molecule has 104 valence electrons. The molecule has 3 nitrogen and oxygen atoms in total. The molecule has 1 heterocycles. The third kappa shape index (κ3) is 3.12. The first-order valence-corrected chi connectivity index (χ1v) is 5.80. The van der Waals surface area contributed by atoms with E-state index in [9.17, 15) is 13.2 Å². The average molecular weight is 280 g/mol. The zero-order valence-corrected chi connectivity index (χ0v) is 10.5. The Hall–Kier alpha value is -2.42. The summed E-state index contributed by atoms with van der Waals surface area (Å²) >= 11 is 0. The number of furan rings is 1. The minimum Gasteiger partial charge on any atom is -0.463 e. The summed E-state index contributed by atoms with van der Waals surface area (Å²) in [7, 11) is 0. The zero-order valence-electron chi connectivity index (χ0n) is 10.5. The van der Waals surface area contributed by atoms with Gasteiger partial charge in [-0.1, -0.05) is 6.07 Å². The summed E-state index contributed by atoms with van der Waals surface area (Å²) in [4.78, 5) is 0. The average Bonchev–Trinajstić information content (AvgIpc) is 2.82. The summed E-state index contributed by atoms with van der Waals surface area (Å²) < 4.78 is 43.1. The first-order valence-electron chi connectivity index (χ1n) is 5.80. The maximum absolute atomic E-state index is 12.6. The number of rotatable bonds is 3. The number of anilines is 1. The van der Waals surface area contributed by atoms with Crippen LogP contribution in [0.15, 0.2) is 40.8 Å². The van der Waals surface area contributed by atoms with E-state index in [1.165, 1.54) is 12.1 Å². The van der Waals surface area contributed by atoms with Crippen molar-refractivity contribution in [2.75, 3.05) is 5.32 Å². The molecule has 2 rings (SSSR count). The van der Waals surface area contributed by atoms with Crippen LogP contribution >= 0.6 is 0 Å². The number of benzene rings is 1. The molecule has 0 aliphatic carbocycles. The molecule has 2 aromatic rings. The first-order chi connectivity index (χ1) is 9.40. The number of halogens is 3. The maximum atomic E-state index is 12.6. The van der Waals surface area contributed by atoms with Gasteiger partial charge in [0.25, 0.3) is 0 Å². The largest absolute Gasteiger partial charge is 0.463 e. The molecule has 1 atom stereocenters. The van der Waals surface area contributed by atoms with Gasteiger partial charge < -0.3 is 9.73 Å². The lowest BCUT2D eigenvalue weighted by atomic mass is 10.1. The highest BCUT2D eigenvalue weighted by atomic mass is 19.4. The van der Waals surface area contributed by atoms with Gasteiger partial charge in [0.2, 0.25) is 0 Å². The highest BCUT2D eigenvalue weighted by Gasteiger charge is 2.30. The summed E-state index contributed by atoms with van der Waals surface area (Å²) in [6.07, 6.45) is -4.42. The molecular formula is C14H11F3N2O. The van der Waals surface area contributed by atoms with E-state index in [2.05, 4.69) is 5.32 Å². The second kappa shape index (κ2) is 5.29. The van der Waals surface area contributed by atoms with E-state index in [1.54, 1.807) is 19.1 Å². The molecule has 0 fully saturated rings. The van der Waals surface area contributed by atoms with Gasteiger partial charge in [-0.05, 0) is 37.3 Å². The van der Waals surface area contributed by atoms with Gasteiger partial charge >= 0.3 is 6.18 Å². The summed E-state index contributed by atoms with van der Waals surface area (Å²) in [5, 5.41) is 11.8. The van der Waals surface area contributed by atoms with Crippen LogP contribution in [0.5, 0.6) is 0 Å². The minimum atomic E-state index is -4.42. The van der Waals surface area contributed by atoms with Crippen LogP contribution in [0.25, 0.3) is 0 Å². The predicted molar refractivity (Wildman–Crippen MR) is 66.9 cm³/mol. The SMILES string of the molecule is Cc1ccc(C(C#N)Nc2cccc(C(F)(F)F)c2)o1. The second-order valence-electron chi connectivity index (χ2n) is 4.23. The Morgan fingerprint density at radius 3 is 2.55 bits per heavy atom. The highest BCUT2D eigenvalue weighted by molar-refractivity contribution is 5.49. The Bertz CT molecular complexity index is 640. The smallest absolute Gasteiger partial charge is 0.416 e. The van der Waals surface area contributed by atoms with Gasteiger partial charge in [0.1, 0.15) is 11.5 Å². The molecule has 1 aromatic heterocycles. The van der Waals surface area contributed by atoms with Gasteiger partial charge in [-0.25, -0.2) is 0 Å². The molecule has 1 aromatic carbocycles. The minimum absolute atomic E-state index is 0.209. The van der Waals surface area contributed by atoms with Gasteiger partial charge in [0, 0.05) is 5.69 Å². The fraction of sp³-hybridized carbons (Fsp3) is 0.214. The Morgan fingerprint density at radius 2 is 2.00 bits per heavy atom. The van der Waals surface area contributed by atoms with Gasteiger partial charge in [-0.15, -0.1) is 0 Å². The van der Waals surface area contributed by atoms with Crippen molar-refractivity contribution < 1.29 is 17.6 Å². The van der Waals surface area contributed by atoms with Crippen LogP contribution in [0.2, 0.25) is 0 Å². The molecular weight excluding hydrogens is 269 g/mol. The number of hydrogen-bond acceptors (Lipinski definition) is 3. The maximum Gasteiger partial charge on any atom is 0.416 e. The number of alkyl halides is 3. The zero-order chi connectivity index (χ0) is 14.8. The van der Waals surface area contributed by atoms with Gasteiger partial charge in [0.05, 0.1) is 11.6 Å². The lowest BCUT2D eigenvalue weighted by molar-refractivity contribution is -0.137. The van der Waals surface area contributed by atoms with Crippen LogP contribution in [0.3, 0.4) is 0 Å². The van der Waals surface area contributed by atoms with E-state index in [-0.39, 0.29) is 5.69 Å². The molecule has 0 aliphatic heterocycles. The van der Waals surface area contributed by atoms with Crippen LogP contribution in [-0.2, 0) is 6.18 Å². The molecule has 0 saturated heterocycles. The second-order valence-corrected chi connectivity index (χ2v) is 4.23. The summed E-state index contributed by atoms with van der Waals surface area (Å²) in [6, 6.07) is 9.10.